The summed E-state index contributed by atoms with van der Waals surface area (Å²) in [5.41, 5.74) is 5.89. The summed E-state index contributed by atoms with van der Waals surface area (Å²) in [5, 5.41) is 6.56. The number of aryl methyl sites for hydroxylation is 2. The van der Waals surface area contributed by atoms with Gasteiger partial charge in [-0.2, -0.15) is 0 Å². The molecule has 2 aromatic rings. The van der Waals surface area contributed by atoms with Crippen molar-refractivity contribution in [3.05, 3.63) is 58.3 Å². The van der Waals surface area contributed by atoms with Crippen molar-refractivity contribution in [3.63, 3.8) is 0 Å². The number of rotatable bonds is 2. The maximum Gasteiger partial charge on any atom is 0.192 e. The molecule has 0 atom stereocenters. The van der Waals surface area contributed by atoms with Crippen LogP contribution in [0.5, 0.6) is 0 Å². The Kier molecular flexibility index (Phi) is 3.96. The van der Waals surface area contributed by atoms with E-state index in [1.165, 1.54) is 11.1 Å². The zero-order valence-corrected chi connectivity index (χ0v) is 14.3. The van der Waals surface area contributed by atoms with E-state index < -0.39 is 0 Å². The van der Waals surface area contributed by atoms with Gasteiger partial charge in [0, 0.05) is 33.6 Å². The van der Waals surface area contributed by atoms with Gasteiger partial charge in [-0.25, -0.2) is 9.97 Å². The summed E-state index contributed by atoms with van der Waals surface area (Å²) in [4.78, 5) is 8.98. The molecule has 2 heterocycles. The van der Waals surface area contributed by atoms with Crippen LogP contribution in [0.1, 0.15) is 36.4 Å². The summed E-state index contributed by atoms with van der Waals surface area (Å²) in [6.45, 7) is 8.47. The van der Waals surface area contributed by atoms with Crippen molar-refractivity contribution in [3.8, 4) is 0 Å². The Hall–Kier alpha value is -1.81. The van der Waals surface area contributed by atoms with Crippen LogP contribution < -0.4 is 5.32 Å². The number of thioether (sulfide) groups is 1. The second-order valence-corrected chi connectivity index (χ2v) is 7.26. The number of hydrogen-bond acceptors (Lipinski definition) is 4. The fraction of sp³-hybridized carbons (Fsp3) is 0.333. The average molecular weight is 311 g/mol. The summed E-state index contributed by atoms with van der Waals surface area (Å²) < 4.78 is 0. The largest absolute Gasteiger partial charge is 0.379 e. The van der Waals surface area contributed by atoms with E-state index >= 15 is 0 Å². The molecule has 1 aromatic carbocycles. The van der Waals surface area contributed by atoms with Crippen LogP contribution in [0.3, 0.4) is 0 Å². The van der Waals surface area contributed by atoms with Crippen LogP contribution in [0.4, 0.5) is 0 Å². The van der Waals surface area contributed by atoms with Gasteiger partial charge in [-0.15, -0.1) is 0 Å². The monoisotopic (exact) mass is 311 g/mol. The van der Waals surface area contributed by atoms with Crippen LogP contribution in [0.25, 0.3) is 5.70 Å². The highest BCUT2D eigenvalue weighted by molar-refractivity contribution is 8.02. The highest BCUT2D eigenvalue weighted by Crippen LogP contribution is 2.31. The predicted molar refractivity (Wildman–Crippen MR) is 92.7 cm³/mol. The molecule has 1 aliphatic rings. The van der Waals surface area contributed by atoms with E-state index in [9.17, 15) is 0 Å². The third-order valence-electron chi connectivity index (χ3n) is 3.66. The first-order valence-corrected chi connectivity index (χ1v) is 8.36. The normalized spacial score (nSPS) is 17.9. The van der Waals surface area contributed by atoms with E-state index in [0.29, 0.717) is 0 Å². The topological polar surface area (TPSA) is 37.8 Å². The second kappa shape index (κ2) is 5.76. The molecule has 0 spiro atoms. The Labute approximate surface area is 136 Å². The van der Waals surface area contributed by atoms with Gasteiger partial charge < -0.3 is 5.32 Å². The maximum absolute atomic E-state index is 4.49. The van der Waals surface area contributed by atoms with Crippen molar-refractivity contribution < 1.29 is 0 Å². The quantitative estimate of drug-likeness (QED) is 0.669. The van der Waals surface area contributed by atoms with Crippen molar-refractivity contribution in [1.82, 2.24) is 15.3 Å². The van der Waals surface area contributed by atoms with Crippen LogP contribution in [-0.4, -0.2) is 15.5 Å². The van der Waals surface area contributed by atoms with Gasteiger partial charge in [-0.05, 0) is 45.7 Å². The van der Waals surface area contributed by atoms with Crippen LogP contribution in [0.15, 0.2) is 40.9 Å². The van der Waals surface area contributed by atoms with E-state index in [4.69, 9.17) is 0 Å². The van der Waals surface area contributed by atoms with Crippen molar-refractivity contribution in [2.24, 2.45) is 0 Å². The van der Waals surface area contributed by atoms with E-state index in [2.05, 4.69) is 58.8 Å². The standard InChI is InChI=1S/C18H21N3S/c1-12-9-13(2)20-17(19-12)22-11-16-15-8-6-5-7-14(15)10-18(3,4)21-16/h5-9,11,21H,10H2,1-4H3. The lowest BCUT2D eigenvalue weighted by Crippen LogP contribution is -2.43. The van der Waals surface area contributed by atoms with Gasteiger partial charge in [0.05, 0.1) is 0 Å². The van der Waals surface area contributed by atoms with Crippen molar-refractivity contribution in [2.45, 2.75) is 44.8 Å². The molecular formula is C18H21N3S. The Morgan fingerprint density at radius 3 is 2.55 bits per heavy atom. The van der Waals surface area contributed by atoms with Gasteiger partial charge in [-0.1, -0.05) is 36.0 Å². The molecule has 4 heteroatoms. The third-order valence-corrected chi connectivity index (χ3v) is 4.40. The van der Waals surface area contributed by atoms with Gasteiger partial charge in [0.25, 0.3) is 0 Å². The summed E-state index contributed by atoms with van der Waals surface area (Å²) in [6, 6.07) is 10.6. The van der Waals surface area contributed by atoms with E-state index in [1.54, 1.807) is 11.8 Å². The zero-order chi connectivity index (χ0) is 15.7. The molecule has 22 heavy (non-hydrogen) atoms. The molecule has 0 saturated carbocycles. The lowest BCUT2D eigenvalue weighted by molar-refractivity contribution is 0.437. The van der Waals surface area contributed by atoms with Crippen LogP contribution in [0, 0.1) is 13.8 Å². The predicted octanol–water partition coefficient (Wildman–Crippen LogP) is 4.11. The number of hydrogen-bond donors (Lipinski definition) is 1. The first kappa shape index (κ1) is 15.1. The fourth-order valence-electron chi connectivity index (χ4n) is 2.84. The SMILES string of the molecule is Cc1cc(C)nc(SC=C2NC(C)(C)Cc3ccccc32)n1. The summed E-state index contributed by atoms with van der Waals surface area (Å²) in [6.07, 6.45) is 1.03. The van der Waals surface area contributed by atoms with E-state index in [0.717, 1.165) is 28.7 Å². The lowest BCUT2D eigenvalue weighted by atomic mass is 9.86. The molecule has 0 fully saturated rings. The molecule has 1 aromatic heterocycles. The molecule has 0 amide bonds. The van der Waals surface area contributed by atoms with Crippen molar-refractivity contribution in [2.75, 3.05) is 0 Å². The number of nitrogens with one attached hydrogen (secondary N) is 1. The molecule has 3 rings (SSSR count). The zero-order valence-electron chi connectivity index (χ0n) is 13.5. The van der Waals surface area contributed by atoms with Gasteiger partial charge in [-0.3, -0.25) is 0 Å². The van der Waals surface area contributed by atoms with E-state index in [-0.39, 0.29) is 5.54 Å². The molecule has 0 unspecified atom stereocenters. The summed E-state index contributed by atoms with van der Waals surface area (Å²) in [7, 11) is 0. The number of benzene rings is 1. The van der Waals surface area contributed by atoms with E-state index in [1.807, 2.05) is 19.9 Å². The third kappa shape index (κ3) is 3.33. The van der Waals surface area contributed by atoms with Gasteiger partial charge >= 0.3 is 0 Å². The highest BCUT2D eigenvalue weighted by Gasteiger charge is 2.27. The minimum absolute atomic E-state index is 0.0596. The fourth-order valence-corrected chi connectivity index (χ4v) is 3.64. The van der Waals surface area contributed by atoms with Crippen molar-refractivity contribution in [1.29, 1.82) is 0 Å². The molecule has 0 bridgehead atoms. The molecule has 0 saturated heterocycles. The molecule has 1 N–H and O–H groups in total. The minimum Gasteiger partial charge on any atom is -0.379 e. The van der Waals surface area contributed by atoms with Gasteiger partial charge in [0.15, 0.2) is 5.16 Å². The number of aromatic nitrogens is 2. The highest BCUT2D eigenvalue weighted by atomic mass is 32.2. The molecular weight excluding hydrogens is 290 g/mol. The molecule has 114 valence electrons. The first-order chi connectivity index (χ1) is 10.4. The van der Waals surface area contributed by atoms with Crippen LogP contribution >= 0.6 is 11.8 Å². The molecule has 1 aliphatic heterocycles. The Morgan fingerprint density at radius 1 is 1.14 bits per heavy atom. The Bertz CT molecular complexity index is 715. The molecule has 3 nitrogen and oxygen atoms in total. The Balaban J connectivity index is 1.93. The summed E-state index contributed by atoms with van der Waals surface area (Å²) >= 11 is 1.57. The van der Waals surface area contributed by atoms with Gasteiger partial charge in [0.1, 0.15) is 0 Å². The average Bonchev–Trinajstić information content (AvgIpc) is 2.42. The number of nitrogens with zero attached hydrogens (tertiary/aromatic N) is 2. The van der Waals surface area contributed by atoms with Crippen LogP contribution in [0.2, 0.25) is 0 Å². The van der Waals surface area contributed by atoms with Gasteiger partial charge in [0.2, 0.25) is 0 Å². The second-order valence-electron chi connectivity index (χ2n) is 6.43. The number of fused-ring (bicyclic) bond motifs is 1. The minimum atomic E-state index is 0.0596. The first-order valence-electron chi connectivity index (χ1n) is 7.48. The van der Waals surface area contributed by atoms with Crippen LogP contribution in [-0.2, 0) is 6.42 Å². The maximum atomic E-state index is 4.49. The smallest absolute Gasteiger partial charge is 0.192 e. The lowest BCUT2D eigenvalue weighted by Gasteiger charge is -2.35. The van der Waals surface area contributed by atoms with Crippen molar-refractivity contribution >= 4 is 17.5 Å². The Morgan fingerprint density at radius 2 is 1.82 bits per heavy atom. The molecule has 0 aliphatic carbocycles. The summed E-state index contributed by atoms with van der Waals surface area (Å²) in [5.74, 6) is 0. The molecule has 0 radical (unpaired) electrons.